The summed E-state index contributed by atoms with van der Waals surface area (Å²) in [5.41, 5.74) is 1.49. The maximum Gasteiger partial charge on any atom is 0.124 e. The highest BCUT2D eigenvalue weighted by atomic mass is 79.9. The number of thiophene rings is 1. The van der Waals surface area contributed by atoms with Gasteiger partial charge in [0.15, 0.2) is 0 Å². The fraction of sp³-hybridized carbons (Fsp3) is 0.100. The first-order chi connectivity index (χ1) is 6.77. The third kappa shape index (κ3) is 1.29. The van der Waals surface area contributed by atoms with E-state index in [1.807, 2.05) is 11.4 Å². The molecule has 1 heterocycles. The molecule has 4 heteroatoms. The first-order valence-corrected chi connectivity index (χ1v) is 5.96. The Bertz CT molecular complexity index is 527. The summed E-state index contributed by atoms with van der Waals surface area (Å²) in [4.78, 5) is 0. The predicted molar refractivity (Wildman–Crippen MR) is 60.8 cm³/mol. The number of fused-ring (bicyclic) bond motifs is 1. The molecule has 70 valence electrons. The van der Waals surface area contributed by atoms with Gasteiger partial charge in [-0.15, -0.1) is 11.3 Å². The Balaban J connectivity index is 2.91. The minimum atomic E-state index is 0.245. The SMILES string of the molecule is N#Cc1c(CBr)cc(O)c2ccsc12. The summed E-state index contributed by atoms with van der Waals surface area (Å²) in [6, 6.07) is 5.64. The van der Waals surface area contributed by atoms with Crippen molar-refractivity contribution in [3.8, 4) is 11.8 Å². The van der Waals surface area contributed by atoms with Gasteiger partial charge in [0.1, 0.15) is 11.8 Å². The molecule has 0 bridgehead atoms. The normalized spacial score (nSPS) is 10.3. The maximum atomic E-state index is 9.67. The number of alkyl halides is 1. The Morgan fingerprint density at radius 1 is 1.57 bits per heavy atom. The van der Waals surface area contributed by atoms with E-state index in [1.54, 1.807) is 6.07 Å². The molecule has 0 unspecified atom stereocenters. The second kappa shape index (κ2) is 3.60. The van der Waals surface area contributed by atoms with E-state index in [0.29, 0.717) is 10.9 Å². The highest BCUT2D eigenvalue weighted by molar-refractivity contribution is 9.08. The molecule has 2 aromatic rings. The van der Waals surface area contributed by atoms with Crippen LogP contribution in [-0.2, 0) is 5.33 Å². The molecule has 14 heavy (non-hydrogen) atoms. The number of benzene rings is 1. The van der Waals surface area contributed by atoms with Crippen LogP contribution in [0.1, 0.15) is 11.1 Å². The summed E-state index contributed by atoms with van der Waals surface area (Å²) in [5, 5.41) is 21.9. The topological polar surface area (TPSA) is 44.0 Å². The molecule has 0 amide bonds. The average molecular weight is 268 g/mol. The van der Waals surface area contributed by atoms with E-state index < -0.39 is 0 Å². The fourth-order valence-electron chi connectivity index (χ4n) is 1.39. The molecular formula is C10H6BrNOS. The molecule has 0 radical (unpaired) electrons. The number of aromatic hydroxyl groups is 1. The number of halogens is 1. The second-order valence-corrected chi connectivity index (χ2v) is 4.32. The molecule has 2 nitrogen and oxygen atoms in total. The Morgan fingerprint density at radius 2 is 2.36 bits per heavy atom. The molecule has 0 saturated heterocycles. The van der Waals surface area contributed by atoms with E-state index in [0.717, 1.165) is 15.6 Å². The van der Waals surface area contributed by atoms with Gasteiger partial charge in [-0.25, -0.2) is 0 Å². The molecule has 1 aromatic carbocycles. The van der Waals surface area contributed by atoms with Crippen molar-refractivity contribution in [2.75, 3.05) is 0 Å². The van der Waals surface area contributed by atoms with Crippen LogP contribution in [0.25, 0.3) is 10.1 Å². The summed E-state index contributed by atoms with van der Waals surface area (Å²) in [5.74, 6) is 0.245. The fourth-order valence-corrected chi connectivity index (χ4v) is 2.77. The summed E-state index contributed by atoms with van der Waals surface area (Å²) in [6.07, 6.45) is 0. The Morgan fingerprint density at radius 3 is 3.00 bits per heavy atom. The zero-order chi connectivity index (χ0) is 10.1. The number of phenolic OH excluding ortho intramolecular Hbond substituents is 1. The quantitative estimate of drug-likeness (QED) is 0.806. The largest absolute Gasteiger partial charge is 0.507 e. The monoisotopic (exact) mass is 267 g/mol. The van der Waals surface area contributed by atoms with Gasteiger partial charge in [0.25, 0.3) is 0 Å². The van der Waals surface area contributed by atoms with Crippen molar-refractivity contribution in [3.05, 3.63) is 28.6 Å². The lowest BCUT2D eigenvalue weighted by atomic mass is 10.1. The summed E-state index contributed by atoms with van der Waals surface area (Å²) < 4.78 is 0.863. The number of phenols is 1. The van der Waals surface area contributed by atoms with Gasteiger partial charge in [0, 0.05) is 10.7 Å². The van der Waals surface area contributed by atoms with Crippen molar-refractivity contribution in [3.63, 3.8) is 0 Å². The van der Waals surface area contributed by atoms with Crippen molar-refractivity contribution in [2.45, 2.75) is 5.33 Å². The Labute approximate surface area is 93.5 Å². The van der Waals surface area contributed by atoms with Gasteiger partial charge < -0.3 is 5.11 Å². The van der Waals surface area contributed by atoms with Crippen molar-refractivity contribution in [1.82, 2.24) is 0 Å². The molecule has 0 aliphatic rings. The third-order valence-electron chi connectivity index (χ3n) is 2.06. The maximum absolute atomic E-state index is 9.67. The number of hydrogen-bond donors (Lipinski definition) is 1. The molecular weight excluding hydrogens is 262 g/mol. The van der Waals surface area contributed by atoms with Crippen LogP contribution in [0, 0.1) is 11.3 Å². The molecule has 0 atom stereocenters. The van der Waals surface area contributed by atoms with Gasteiger partial charge in [0.2, 0.25) is 0 Å². The van der Waals surface area contributed by atoms with Crippen molar-refractivity contribution < 1.29 is 5.11 Å². The van der Waals surface area contributed by atoms with E-state index >= 15 is 0 Å². The van der Waals surface area contributed by atoms with Crippen LogP contribution in [-0.4, -0.2) is 5.11 Å². The number of nitriles is 1. The minimum Gasteiger partial charge on any atom is -0.507 e. The van der Waals surface area contributed by atoms with Crippen LogP contribution in [0.3, 0.4) is 0 Å². The lowest BCUT2D eigenvalue weighted by Crippen LogP contribution is -1.85. The first-order valence-electron chi connectivity index (χ1n) is 3.96. The number of hydrogen-bond acceptors (Lipinski definition) is 3. The van der Waals surface area contributed by atoms with Crippen LogP contribution < -0.4 is 0 Å². The van der Waals surface area contributed by atoms with Crippen molar-refractivity contribution in [2.24, 2.45) is 0 Å². The van der Waals surface area contributed by atoms with Gasteiger partial charge in [-0.1, -0.05) is 15.9 Å². The number of nitrogens with zero attached hydrogens (tertiary/aromatic N) is 1. The van der Waals surface area contributed by atoms with Crippen LogP contribution in [0.4, 0.5) is 0 Å². The van der Waals surface area contributed by atoms with E-state index in [9.17, 15) is 5.11 Å². The standard InChI is InChI=1S/C10H6BrNOS/c11-4-6-3-9(13)7-1-2-14-10(7)8(6)5-12/h1-3,13H,4H2. The lowest BCUT2D eigenvalue weighted by Gasteiger charge is -2.03. The van der Waals surface area contributed by atoms with Crippen LogP contribution >= 0.6 is 27.3 Å². The van der Waals surface area contributed by atoms with Gasteiger partial charge in [-0.3, -0.25) is 0 Å². The smallest absolute Gasteiger partial charge is 0.124 e. The molecule has 0 fully saturated rings. The van der Waals surface area contributed by atoms with Crippen molar-refractivity contribution in [1.29, 1.82) is 5.26 Å². The van der Waals surface area contributed by atoms with E-state index in [2.05, 4.69) is 22.0 Å². The second-order valence-electron chi connectivity index (χ2n) is 2.84. The summed E-state index contributed by atoms with van der Waals surface area (Å²) in [7, 11) is 0. The van der Waals surface area contributed by atoms with Crippen LogP contribution in [0.5, 0.6) is 5.75 Å². The van der Waals surface area contributed by atoms with Gasteiger partial charge >= 0.3 is 0 Å². The number of rotatable bonds is 1. The van der Waals surface area contributed by atoms with Crippen LogP contribution in [0.2, 0.25) is 0 Å². The molecule has 0 saturated carbocycles. The van der Waals surface area contributed by atoms with E-state index in [-0.39, 0.29) is 5.75 Å². The van der Waals surface area contributed by atoms with Gasteiger partial charge in [-0.2, -0.15) is 5.26 Å². The molecule has 1 aromatic heterocycles. The lowest BCUT2D eigenvalue weighted by molar-refractivity contribution is 0.481. The summed E-state index contributed by atoms with van der Waals surface area (Å²) >= 11 is 4.78. The van der Waals surface area contributed by atoms with Crippen LogP contribution in [0.15, 0.2) is 17.5 Å². The van der Waals surface area contributed by atoms with Gasteiger partial charge in [-0.05, 0) is 23.1 Å². The molecule has 1 N–H and O–H groups in total. The molecule has 0 aliphatic carbocycles. The van der Waals surface area contributed by atoms with Crippen molar-refractivity contribution >= 4 is 37.4 Å². The highest BCUT2D eigenvalue weighted by Gasteiger charge is 2.11. The molecule has 0 aliphatic heterocycles. The third-order valence-corrected chi connectivity index (χ3v) is 3.59. The summed E-state index contributed by atoms with van der Waals surface area (Å²) in [6.45, 7) is 0. The average Bonchev–Trinajstić information content (AvgIpc) is 2.66. The molecule has 0 spiro atoms. The van der Waals surface area contributed by atoms with E-state index in [1.165, 1.54) is 11.3 Å². The predicted octanol–water partition coefficient (Wildman–Crippen LogP) is 3.37. The van der Waals surface area contributed by atoms with Gasteiger partial charge in [0.05, 0.1) is 10.3 Å². The Hall–Kier alpha value is -1.05. The highest BCUT2D eigenvalue weighted by Crippen LogP contribution is 2.34. The zero-order valence-corrected chi connectivity index (χ0v) is 9.52. The Kier molecular flexibility index (Phi) is 2.44. The minimum absolute atomic E-state index is 0.245. The first kappa shape index (κ1) is 9.50. The zero-order valence-electron chi connectivity index (χ0n) is 7.12. The van der Waals surface area contributed by atoms with E-state index in [4.69, 9.17) is 5.26 Å². The molecule has 2 rings (SSSR count).